The highest BCUT2D eigenvalue weighted by molar-refractivity contribution is 5.59. The molecule has 0 aliphatic rings. The van der Waals surface area contributed by atoms with Crippen LogP contribution in [0.4, 0.5) is 11.6 Å². The minimum atomic E-state index is -0.329. The molecule has 3 aromatic rings. The lowest BCUT2D eigenvalue weighted by molar-refractivity contribution is 0.355. The van der Waals surface area contributed by atoms with Crippen LogP contribution in [0.3, 0.4) is 0 Å². The lowest BCUT2D eigenvalue weighted by atomic mass is 10.2. The normalized spacial score (nSPS) is 10.4. The van der Waals surface area contributed by atoms with Gasteiger partial charge in [-0.25, -0.2) is 0 Å². The van der Waals surface area contributed by atoms with Crippen LogP contribution in [-0.4, -0.2) is 29.4 Å². The van der Waals surface area contributed by atoms with E-state index in [4.69, 9.17) is 13.9 Å². The second-order valence-electron chi connectivity index (χ2n) is 4.90. The first-order valence-corrected chi connectivity index (χ1v) is 7.17. The van der Waals surface area contributed by atoms with Crippen molar-refractivity contribution >= 4 is 11.6 Å². The van der Waals surface area contributed by atoms with E-state index in [0.717, 1.165) is 0 Å². The van der Waals surface area contributed by atoms with Gasteiger partial charge in [-0.15, -0.1) is 10.2 Å². The fourth-order valence-corrected chi connectivity index (χ4v) is 2.16. The standard InChI is InChI=1S/C16H16N4O4/c1-22-13-6-5-10(8-14(13)23-2)17-16-18-15(21)12(19-20-16)9-11-4-3-7-24-11/h3-8H,9H2,1-2H3,(H2,17,18,20,21). The first-order chi connectivity index (χ1) is 11.7. The van der Waals surface area contributed by atoms with E-state index in [1.165, 1.54) is 0 Å². The number of nitrogens with zero attached hydrogens (tertiary/aromatic N) is 2. The SMILES string of the molecule is COc1ccc(Nc2nnc(Cc3ccco3)c(=O)[nH]2)cc1OC. The molecule has 0 atom stereocenters. The maximum atomic E-state index is 12.1. The first-order valence-electron chi connectivity index (χ1n) is 7.17. The highest BCUT2D eigenvalue weighted by Crippen LogP contribution is 2.30. The molecule has 0 radical (unpaired) electrons. The van der Waals surface area contributed by atoms with E-state index in [0.29, 0.717) is 22.9 Å². The van der Waals surface area contributed by atoms with Crippen molar-refractivity contribution in [3.63, 3.8) is 0 Å². The summed E-state index contributed by atoms with van der Waals surface area (Å²) in [5, 5.41) is 10.9. The molecule has 0 amide bonds. The Morgan fingerprint density at radius 2 is 2.00 bits per heavy atom. The Morgan fingerprint density at radius 3 is 2.67 bits per heavy atom. The zero-order valence-electron chi connectivity index (χ0n) is 13.2. The van der Waals surface area contributed by atoms with Crippen LogP contribution in [0.15, 0.2) is 45.8 Å². The van der Waals surface area contributed by atoms with Crippen molar-refractivity contribution in [2.45, 2.75) is 6.42 Å². The van der Waals surface area contributed by atoms with Gasteiger partial charge >= 0.3 is 0 Å². The zero-order chi connectivity index (χ0) is 16.9. The van der Waals surface area contributed by atoms with Crippen molar-refractivity contribution in [1.82, 2.24) is 15.2 Å². The van der Waals surface area contributed by atoms with Gasteiger partial charge in [0.25, 0.3) is 5.56 Å². The highest BCUT2D eigenvalue weighted by atomic mass is 16.5. The smallest absolute Gasteiger partial charge is 0.274 e. The fraction of sp³-hybridized carbons (Fsp3) is 0.188. The van der Waals surface area contributed by atoms with Crippen molar-refractivity contribution in [2.24, 2.45) is 0 Å². The minimum Gasteiger partial charge on any atom is -0.493 e. The van der Waals surface area contributed by atoms with Crippen LogP contribution in [0.5, 0.6) is 11.5 Å². The number of hydrogen-bond donors (Lipinski definition) is 2. The highest BCUT2D eigenvalue weighted by Gasteiger charge is 2.09. The predicted molar refractivity (Wildman–Crippen MR) is 87.0 cm³/mol. The molecule has 0 bridgehead atoms. The van der Waals surface area contributed by atoms with Gasteiger partial charge < -0.3 is 19.2 Å². The van der Waals surface area contributed by atoms with E-state index in [2.05, 4.69) is 20.5 Å². The average molecular weight is 328 g/mol. The van der Waals surface area contributed by atoms with Gasteiger partial charge in [0.1, 0.15) is 11.5 Å². The molecule has 3 rings (SSSR count). The van der Waals surface area contributed by atoms with Gasteiger partial charge in [0, 0.05) is 11.8 Å². The molecular formula is C16H16N4O4. The van der Waals surface area contributed by atoms with Crippen LogP contribution >= 0.6 is 0 Å². The molecule has 2 N–H and O–H groups in total. The fourth-order valence-electron chi connectivity index (χ4n) is 2.16. The number of ether oxygens (including phenoxy) is 2. The summed E-state index contributed by atoms with van der Waals surface area (Å²) in [4.78, 5) is 14.7. The molecule has 2 heterocycles. The lowest BCUT2D eigenvalue weighted by Crippen LogP contribution is -2.18. The van der Waals surface area contributed by atoms with Crippen molar-refractivity contribution in [3.05, 3.63) is 58.4 Å². The first kappa shape index (κ1) is 15.6. The molecule has 0 unspecified atom stereocenters. The van der Waals surface area contributed by atoms with E-state index in [9.17, 15) is 4.79 Å². The average Bonchev–Trinajstić information content (AvgIpc) is 3.10. The molecule has 8 heteroatoms. The maximum absolute atomic E-state index is 12.1. The summed E-state index contributed by atoms with van der Waals surface area (Å²) < 4.78 is 15.6. The van der Waals surface area contributed by atoms with Crippen LogP contribution < -0.4 is 20.3 Å². The summed E-state index contributed by atoms with van der Waals surface area (Å²) in [7, 11) is 3.11. The Kier molecular flexibility index (Phi) is 4.46. The summed E-state index contributed by atoms with van der Waals surface area (Å²) in [6, 6.07) is 8.78. The van der Waals surface area contributed by atoms with Crippen molar-refractivity contribution in [3.8, 4) is 11.5 Å². The Hall–Kier alpha value is -3.29. The number of nitrogens with one attached hydrogen (secondary N) is 2. The Balaban J connectivity index is 1.78. The van der Waals surface area contributed by atoms with E-state index in [1.54, 1.807) is 50.8 Å². The van der Waals surface area contributed by atoms with Gasteiger partial charge in [0.2, 0.25) is 5.95 Å². The number of hydrogen-bond acceptors (Lipinski definition) is 7. The molecular weight excluding hydrogens is 312 g/mol. The van der Waals surface area contributed by atoms with Crippen LogP contribution in [0, 0.1) is 0 Å². The number of furan rings is 1. The summed E-state index contributed by atoms with van der Waals surface area (Å²) in [6.45, 7) is 0. The Morgan fingerprint density at radius 1 is 1.17 bits per heavy atom. The molecule has 0 aliphatic heterocycles. The van der Waals surface area contributed by atoms with E-state index in [-0.39, 0.29) is 23.6 Å². The monoisotopic (exact) mass is 328 g/mol. The van der Waals surface area contributed by atoms with Crippen LogP contribution in [0.2, 0.25) is 0 Å². The summed E-state index contributed by atoms with van der Waals surface area (Å²) >= 11 is 0. The number of rotatable bonds is 6. The van der Waals surface area contributed by atoms with E-state index < -0.39 is 0 Å². The number of H-pyrrole nitrogens is 1. The largest absolute Gasteiger partial charge is 0.493 e. The summed E-state index contributed by atoms with van der Waals surface area (Å²) in [5.74, 6) is 2.05. The molecule has 8 nitrogen and oxygen atoms in total. The molecule has 0 fully saturated rings. The quantitative estimate of drug-likeness (QED) is 0.714. The molecule has 124 valence electrons. The third-order valence-electron chi connectivity index (χ3n) is 3.33. The van der Waals surface area contributed by atoms with Gasteiger partial charge in [-0.3, -0.25) is 9.78 Å². The van der Waals surface area contributed by atoms with Gasteiger partial charge in [0.05, 0.1) is 26.9 Å². The molecule has 0 saturated heterocycles. The van der Waals surface area contributed by atoms with Crippen molar-refractivity contribution in [2.75, 3.05) is 19.5 Å². The summed E-state index contributed by atoms with van der Waals surface area (Å²) in [6.07, 6.45) is 1.83. The van der Waals surface area contributed by atoms with Crippen LogP contribution in [-0.2, 0) is 6.42 Å². The molecule has 24 heavy (non-hydrogen) atoms. The lowest BCUT2D eigenvalue weighted by Gasteiger charge is -2.10. The molecule has 2 aromatic heterocycles. The molecule has 0 aliphatic carbocycles. The third-order valence-corrected chi connectivity index (χ3v) is 3.33. The second kappa shape index (κ2) is 6.86. The third kappa shape index (κ3) is 3.37. The van der Waals surface area contributed by atoms with Gasteiger partial charge in [-0.2, -0.15) is 0 Å². The van der Waals surface area contributed by atoms with Gasteiger partial charge in [-0.1, -0.05) is 0 Å². The van der Waals surface area contributed by atoms with Crippen molar-refractivity contribution < 1.29 is 13.9 Å². The topological polar surface area (TPSA) is 102 Å². The maximum Gasteiger partial charge on any atom is 0.274 e. The van der Waals surface area contributed by atoms with E-state index >= 15 is 0 Å². The van der Waals surface area contributed by atoms with Gasteiger partial charge in [-0.05, 0) is 24.3 Å². The predicted octanol–water partition coefficient (Wildman–Crippen LogP) is 2.11. The number of methoxy groups -OCH3 is 2. The molecule has 0 spiro atoms. The Bertz CT molecular complexity index is 874. The molecule has 0 saturated carbocycles. The number of aromatic nitrogens is 3. The number of benzene rings is 1. The number of aromatic amines is 1. The number of anilines is 2. The molecule has 1 aromatic carbocycles. The minimum absolute atomic E-state index is 0.232. The van der Waals surface area contributed by atoms with Gasteiger partial charge in [0.15, 0.2) is 11.5 Å². The Labute approximate surface area is 137 Å². The van der Waals surface area contributed by atoms with Crippen molar-refractivity contribution in [1.29, 1.82) is 0 Å². The summed E-state index contributed by atoms with van der Waals surface area (Å²) in [5.41, 5.74) is 0.628. The zero-order valence-corrected chi connectivity index (χ0v) is 13.2. The second-order valence-corrected chi connectivity index (χ2v) is 4.90. The van der Waals surface area contributed by atoms with Crippen LogP contribution in [0.1, 0.15) is 11.5 Å². The van der Waals surface area contributed by atoms with Crippen LogP contribution in [0.25, 0.3) is 0 Å². The van der Waals surface area contributed by atoms with E-state index in [1.807, 2.05) is 0 Å².